The highest BCUT2D eigenvalue weighted by atomic mass is 16.7. The second-order valence-corrected chi connectivity index (χ2v) is 17.7. The quantitative estimate of drug-likeness (QED) is 0.0464. The Labute approximate surface area is 472 Å². The maximum Gasteiger partial charge on any atom is 0.346 e. The molecule has 39 heteroatoms. The third-order valence-corrected chi connectivity index (χ3v) is 12.9. The van der Waals surface area contributed by atoms with Crippen molar-refractivity contribution in [3.8, 4) is 67.5 Å². The number of non-ortho nitro benzene ring substituents is 1. The summed E-state index contributed by atoms with van der Waals surface area (Å²) in [7, 11) is 0. The Morgan fingerprint density at radius 2 is 0.356 bits per heavy atom. The van der Waals surface area contributed by atoms with Crippen molar-refractivity contribution in [2.45, 2.75) is 0 Å². The van der Waals surface area contributed by atoms with Crippen LogP contribution >= 0.6 is 0 Å². The predicted octanol–water partition coefficient (Wildman–Crippen LogP) is 10.5. The summed E-state index contributed by atoms with van der Waals surface area (Å²) < 4.78 is 0. The van der Waals surface area contributed by atoms with Gasteiger partial charge in [-0.3, -0.25) is 111 Å². The van der Waals surface area contributed by atoms with Crippen molar-refractivity contribution in [2.75, 3.05) is 0 Å². The zero-order valence-corrected chi connectivity index (χ0v) is 42.1. The summed E-state index contributed by atoms with van der Waals surface area (Å²) in [5.41, 5.74) is -20.6. The van der Waals surface area contributed by atoms with Crippen LogP contribution in [0.1, 0.15) is 0 Å². The maximum absolute atomic E-state index is 12.5. The fourth-order valence-electron chi connectivity index (χ4n) is 9.10. The SMILES string of the molecule is O=[N+]([O-])c1ccc(-c2nc3c(nc2-c2ccc([N+](=O)[O-])c([N+](=O)[O-])c2)c2nc(-c4ccc([N+](=O)[O-])c([N+](=O)[O-])c4)c(-c4ccc([N+](=O)[O-])c([N+](=O)[O-])c4)nc2c2nc(-c4ccc([N+](=O)[O-])c([N+](=O)[O-])c4)c(-c4ccc([N+](=O)[O-])c([N+](=O)[O-])c4)nc32)cc1. The van der Waals surface area contributed by atoms with Crippen molar-refractivity contribution in [2.24, 2.45) is 0 Å². The van der Waals surface area contributed by atoms with E-state index in [9.17, 15) is 111 Å². The minimum atomic E-state index is -1.18. The number of aromatic nitrogens is 6. The second kappa shape index (κ2) is 21.1. The standard InChI is InChI=1S/C48H19N17O22/c66-55(67)26-8-1-20(2-9-26)37-38(21-3-10-27(56(68)69)32(15-21)61(78)79)50-44-43(49-37)45-47(53-40(23-5-12-29(58(72)73)34(17-23)63(82)83)39(51-45)22-4-11-28(57(70)71)33(16-22)62(80)81)48-46(44)52-41(24-6-13-30(59(74)75)35(18-24)64(84)85)42(54-48)25-7-14-31(60(76)77)36(19-25)65(86)87/h1-19H. The van der Waals surface area contributed by atoms with E-state index >= 15 is 0 Å². The minimum absolute atomic E-state index is 0.103. The minimum Gasteiger partial charge on any atom is -0.258 e. The fraction of sp³-hybridized carbons (Fsp3) is 0. The van der Waals surface area contributed by atoms with Gasteiger partial charge in [-0.25, -0.2) is 29.9 Å². The van der Waals surface area contributed by atoms with Crippen LogP contribution in [0.2, 0.25) is 0 Å². The topological polar surface area (TPSA) is 552 Å². The molecule has 3 aromatic heterocycles. The third-order valence-electron chi connectivity index (χ3n) is 12.9. The molecule has 0 radical (unpaired) electrons. The highest BCUT2D eigenvalue weighted by Crippen LogP contribution is 2.46. The van der Waals surface area contributed by atoms with E-state index < -0.39 is 201 Å². The highest BCUT2D eigenvalue weighted by molar-refractivity contribution is 6.20. The molecule has 10 aromatic rings. The monoisotopic (exact) mass is 1190 g/mol. The van der Waals surface area contributed by atoms with Crippen molar-refractivity contribution in [1.82, 2.24) is 29.9 Å². The lowest BCUT2D eigenvalue weighted by molar-refractivity contribution is -0.422. The number of nitro benzene ring substituents is 11. The predicted molar refractivity (Wildman–Crippen MR) is 292 cm³/mol. The summed E-state index contributed by atoms with van der Waals surface area (Å²) in [6.07, 6.45) is 0. The summed E-state index contributed by atoms with van der Waals surface area (Å²) >= 11 is 0. The molecule has 0 saturated heterocycles. The molecule has 0 fully saturated rings. The molecule has 0 amide bonds. The molecule has 0 saturated carbocycles. The van der Waals surface area contributed by atoms with E-state index in [1.807, 2.05) is 0 Å². The van der Waals surface area contributed by atoms with Gasteiger partial charge in [0.15, 0.2) is 0 Å². The van der Waals surface area contributed by atoms with Gasteiger partial charge >= 0.3 is 56.9 Å². The molecule has 3 heterocycles. The summed E-state index contributed by atoms with van der Waals surface area (Å²) in [6, 6.07) is 15.5. The average Bonchev–Trinajstić information content (AvgIpc) is 0.800. The van der Waals surface area contributed by atoms with Gasteiger partial charge < -0.3 is 0 Å². The van der Waals surface area contributed by atoms with Gasteiger partial charge in [-0.2, -0.15) is 0 Å². The van der Waals surface area contributed by atoms with Crippen LogP contribution in [-0.2, 0) is 0 Å². The Kier molecular flexibility index (Phi) is 13.7. The number of benzene rings is 7. The number of hydrogen-bond acceptors (Lipinski definition) is 28. The Hall–Kier alpha value is -14.0. The number of hydrogen-bond donors (Lipinski definition) is 0. The van der Waals surface area contributed by atoms with Gasteiger partial charge in [0.25, 0.3) is 5.69 Å². The summed E-state index contributed by atoms with van der Waals surface area (Å²) in [4.78, 5) is 151. The number of rotatable bonds is 17. The van der Waals surface area contributed by atoms with Crippen LogP contribution in [0.5, 0.6) is 0 Å². The molecule has 428 valence electrons. The van der Waals surface area contributed by atoms with Crippen LogP contribution in [-0.4, -0.2) is 84.1 Å². The van der Waals surface area contributed by atoms with Crippen molar-refractivity contribution in [3.05, 3.63) is 227 Å². The highest BCUT2D eigenvalue weighted by Gasteiger charge is 2.34. The first-order valence-electron chi connectivity index (χ1n) is 23.4. The molecule has 0 bridgehead atoms. The zero-order chi connectivity index (χ0) is 62.8. The number of fused-ring (bicyclic) bond motifs is 6. The molecule has 0 aliphatic carbocycles. The zero-order valence-electron chi connectivity index (χ0n) is 42.1. The van der Waals surface area contributed by atoms with Crippen molar-refractivity contribution < 1.29 is 54.2 Å². The molecular formula is C48H19N17O22. The largest absolute Gasteiger partial charge is 0.346 e. The van der Waals surface area contributed by atoms with Gasteiger partial charge in [-0.05, 0) is 42.5 Å². The van der Waals surface area contributed by atoms with E-state index in [-0.39, 0.29) is 16.8 Å². The van der Waals surface area contributed by atoms with Crippen molar-refractivity contribution >= 4 is 95.7 Å². The maximum atomic E-state index is 12.5. The van der Waals surface area contributed by atoms with E-state index in [1.165, 1.54) is 0 Å². The first-order chi connectivity index (χ1) is 41.2. The number of nitrogens with zero attached hydrogens (tertiary/aromatic N) is 17. The van der Waals surface area contributed by atoms with Gasteiger partial charge in [-0.1, -0.05) is 0 Å². The number of nitro groups is 11. The lowest BCUT2D eigenvalue weighted by Gasteiger charge is -2.17. The first-order valence-corrected chi connectivity index (χ1v) is 23.4. The van der Waals surface area contributed by atoms with Gasteiger partial charge in [0.2, 0.25) is 0 Å². The Bertz CT molecular complexity index is 4800. The van der Waals surface area contributed by atoms with Gasteiger partial charge in [-0.15, -0.1) is 0 Å². The summed E-state index contributed by atoms with van der Waals surface area (Å²) in [5.74, 6) is 0. The van der Waals surface area contributed by atoms with Gasteiger partial charge in [0, 0.05) is 106 Å². The molecule has 39 nitrogen and oxygen atoms in total. The molecule has 0 unspecified atom stereocenters. The molecule has 0 spiro atoms. The fourth-order valence-corrected chi connectivity index (χ4v) is 9.10. The van der Waals surface area contributed by atoms with Crippen LogP contribution in [0.3, 0.4) is 0 Å². The van der Waals surface area contributed by atoms with Crippen molar-refractivity contribution in [3.63, 3.8) is 0 Å². The van der Waals surface area contributed by atoms with Crippen LogP contribution in [0, 0.1) is 111 Å². The molecule has 0 atom stereocenters. The van der Waals surface area contributed by atoms with E-state index in [1.54, 1.807) is 0 Å². The normalized spacial score (nSPS) is 11.1. The second-order valence-electron chi connectivity index (χ2n) is 17.7. The Morgan fingerprint density at radius 3 is 0.517 bits per heavy atom. The lowest BCUT2D eigenvalue weighted by Crippen LogP contribution is -2.06. The van der Waals surface area contributed by atoms with Gasteiger partial charge in [0.05, 0.1) is 88.3 Å². The first kappa shape index (κ1) is 56.2. The van der Waals surface area contributed by atoms with Gasteiger partial charge in [0.1, 0.15) is 33.1 Å². The smallest absolute Gasteiger partial charge is 0.258 e. The van der Waals surface area contributed by atoms with E-state index in [4.69, 9.17) is 29.9 Å². The van der Waals surface area contributed by atoms with Crippen LogP contribution in [0.25, 0.3) is 101 Å². The summed E-state index contributed by atoms with van der Waals surface area (Å²) in [6.45, 7) is 0. The summed E-state index contributed by atoms with van der Waals surface area (Å²) in [5, 5.41) is 134. The molecule has 0 aliphatic rings. The molecule has 87 heavy (non-hydrogen) atoms. The van der Waals surface area contributed by atoms with E-state index in [2.05, 4.69) is 0 Å². The Morgan fingerprint density at radius 1 is 0.195 bits per heavy atom. The Balaban J connectivity index is 1.49. The lowest BCUT2D eigenvalue weighted by atomic mass is 9.99. The molecule has 10 rings (SSSR count). The average molecular weight is 1190 g/mol. The van der Waals surface area contributed by atoms with Crippen LogP contribution < -0.4 is 0 Å². The van der Waals surface area contributed by atoms with Crippen LogP contribution in [0.4, 0.5) is 62.6 Å². The van der Waals surface area contributed by atoms with Crippen LogP contribution in [0.15, 0.2) is 115 Å². The third kappa shape index (κ3) is 9.86. The molecule has 0 aliphatic heterocycles. The molecule has 0 N–H and O–H groups in total. The molecule has 7 aromatic carbocycles. The van der Waals surface area contributed by atoms with E-state index in [0.717, 1.165) is 60.7 Å². The molecular weight excluding hydrogens is 1170 g/mol. The van der Waals surface area contributed by atoms with E-state index in [0.29, 0.717) is 54.6 Å². The van der Waals surface area contributed by atoms with Crippen molar-refractivity contribution in [1.29, 1.82) is 0 Å².